The first-order valence-electron chi connectivity index (χ1n) is 10.0. The summed E-state index contributed by atoms with van der Waals surface area (Å²) in [5.74, 6) is -0.0406. The van der Waals surface area contributed by atoms with E-state index in [9.17, 15) is 14.9 Å². The Bertz CT molecular complexity index is 1110. The van der Waals surface area contributed by atoms with Crippen molar-refractivity contribution in [3.8, 4) is 11.8 Å². The monoisotopic (exact) mass is 416 g/mol. The number of carbonyl (C=O) groups is 2. The van der Waals surface area contributed by atoms with Gasteiger partial charge in [-0.2, -0.15) is 10.4 Å². The molecule has 0 spiro atoms. The Balaban J connectivity index is 1.59. The molecule has 0 aliphatic carbocycles. The van der Waals surface area contributed by atoms with E-state index in [-0.39, 0.29) is 11.8 Å². The number of nitrogens with one attached hydrogen (secondary N) is 2. The number of para-hydroxylation sites is 1. The van der Waals surface area contributed by atoms with E-state index in [0.717, 1.165) is 5.69 Å². The van der Waals surface area contributed by atoms with Crippen molar-refractivity contribution in [3.05, 3.63) is 71.4 Å². The minimum atomic E-state index is -0.234. The molecule has 0 aliphatic heterocycles. The molecule has 3 aromatic rings. The van der Waals surface area contributed by atoms with Crippen LogP contribution in [0, 0.1) is 11.3 Å². The van der Waals surface area contributed by atoms with Gasteiger partial charge < -0.3 is 16.4 Å². The van der Waals surface area contributed by atoms with E-state index in [2.05, 4.69) is 21.8 Å². The average molecular weight is 416 g/mol. The molecule has 3 rings (SSSR count). The minimum Gasteiger partial charge on any atom is -0.382 e. The Labute approximate surface area is 180 Å². The topological polar surface area (TPSA) is 126 Å². The number of carbonyl (C=O) groups excluding carboxylic acids is 2. The van der Waals surface area contributed by atoms with Crippen LogP contribution in [0.4, 0.5) is 11.5 Å². The Hall–Kier alpha value is -4.12. The number of nitrogens with two attached hydrogens (primary N) is 1. The van der Waals surface area contributed by atoms with Crippen molar-refractivity contribution in [2.24, 2.45) is 0 Å². The number of nitrogen functional groups attached to an aromatic ring is 1. The molecular weight excluding hydrogens is 392 g/mol. The van der Waals surface area contributed by atoms with Gasteiger partial charge in [-0.1, -0.05) is 31.2 Å². The summed E-state index contributed by atoms with van der Waals surface area (Å²) in [4.78, 5) is 23.9. The number of amides is 2. The quantitative estimate of drug-likeness (QED) is 0.487. The van der Waals surface area contributed by atoms with Gasteiger partial charge in [-0.15, -0.1) is 0 Å². The van der Waals surface area contributed by atoms with Crippen LogP contribution in [0.2, 0.25) is 0 Å². The summed E-state index contributed by atoms with van der Waals surface area (Å²) in [5.41, 5.74) is 8.90. The van der Waals surface area contributed by atoms with E-state index >= 15 is 0 Å². The van der Waals surface area contributed by atoms with Crippen molar-refractivity contribution in [1.29, 1.82) is 5.26 Å². The fraction of sp³-hybridized carbons (Fsp3) is 0.217. The maximum atomic E-state index is 12.4. The molecule has 8 nitrogen and oxygen atoms in total. The third-order valence-electron chi connectivity index (χ3n) is 4.71. The van der Waals surface area contributed by atoms with Crippen LogP contribution < -0.4 is 16.4 Å². The van der Waals surface area contributed by atoms with Crippen molar-refractivity contribution in [3.63, 3.8) is 0 Å². The van der Waals surface area contributed by atoms with E-state index in [0.29, 0.717) is 54.1 Å². The molecule has 0 saturated heterocycles. The standard InChI is InChI=1S/C23H24N6O2/c1-2-21(30)27-17-9-6-8-16(14-17)23(31)26-13-7-12-20-19(15-24)22(25)29(28-20)18-10-4-3-5-11-18/h3-6,8-11,14H,2,7,12-13,25H2,1H3,(H,26,31)(H,27,30). The van der Waals surface area contributed by atoms with Gasteiger partial charge in [0.1, 0.15) is 17.5 Å². The third kappa shape index (κ3) is 5.28. The lowest BCUT2D eigenvalue weighted by Crippen LogP contribution is -2.25. The molecule has 0 aliphatic rings. The molecule has 1 aromatic heterocycles. The predicted molar refractivity (Wildman–Crippen MR) is 119 cm³/mol. The van der Waals surface area contributed by atoms with Crippen molar-refractivity contribution in [2.75, 3.05) is 17.6 Å². The molecule has 0 atom stereocenters. The van der Waals surface area contributed by atoms with Gasteiger partial charge in [-0.25, -0.2) is 4.68 Å². The lowest BCUT2D eigenvalue weighted by Gasteiger charge is -2.08. The normalized spacial score (nSPS) is 10.3. The summed E-state index contributed by atoms with van der Waals surface area (Å²) >= 11 is 0. The third-order valence-corrected chi connectivity index (χ3v) is 4.71. The summed E-state index contributed by atoms with van der Waals surface area (Å²) in [6.45, 7) is 2.17. The molecule has 0 saturated carbocycles. The van der Waals surface area contributed by atoms with Gasteiger partial charge in [0.05, 0.1) is 11.4 Å². The fourth-order valence-electron chi connectivity index (χ4n) is 3.09. The second-order valence-corrected chi connectivity index (χ2v) is 6.91. The summed E-state index contributed by atoms with van der Waals surface area (Å²) < 4.78 is 1.56. The first-order chi connectivity index (χ1) is 15.0. The zero-order valence-corrected chi connectivity index (χ0v) is 17.3. The Morgan fingerprint density at radius 3 is 2.65 bits per heavy atom. The van der Waals surface area contributed by atoms with Crippen LogP contribution >= 0.6 is 0 Å². The van der Waals surface area contributed by atoms with E-state index < -0.39 is 0 Å². The largest absolute Gasteiger partial charge is 0.382 e. The summed E-state index contributed by atoms with van der Waals surface area (Å²) in [6.07, 6.45) is 1.46. The SMILES string of the molecule is CCC(=O)Nc1cccc(C(=O)NCCCc2nn(-c3ccccc3)c(N)c2C#N)c1. The number of benzene rings is 2. The van der Waals surface area contributed by atoms with Crippen LogP contribution in [0.1, 0.15) is 41.4 Å². The highest BCUT2D eigenvalue weighted by Crippen LogP contribution is 2.21. The minimum absolute atomic E-state index is 0.111. The van der Waals surface area contributed by atoms with Crippen LogP contribution in [0.3, 0.4) is 0 Å². The lowest BCUT2D eigenvalue weighted by molar-refractivity contribution is -0.115. The Morgan fingerprint density at radius 2 is 1.94 bits per heavy atom. The van der Waals surface area contributed by atoms with Gasteiger partial charge in [0.25, 0.3) is 5.91 Å². The maximum Gasteiger partial charge on any atom is 0.251 e. The van der Waals surface area contributed by atoms with Gasteiger partial charge >= 0.3 is 0 Å². The van der Waals surface area contributed by atoms with E-state index in [1.54, 1.807) is 35.9 Å². The second-order valence-electron chi connectivity index (χ2n) is 6.91. The number of nitriles is 1. The molecule has 8 heteroatoms. The number of anilines is 2. The van der Waals surface area contributed by atoms with E-state index in [1.165, 1.54) is 0 Å². The highest BCUT2D eigenvalue weighted by Gasteiger charge is 2.16. The molecule has 4 N–H and O–H groups in total. The maximum absolute atomic E-state index is 12.4. The van der Waals surface area contributed by atoms with Crippen LogP contribution in [0.15, 0.2) is 54.6 Å². The van der Waals surface area contributed by atoms with Crippen molar-refractivity contribution >= 4 is 23.3 Å². The number of hydrogen-bond acceptors (Lipinski definition) is 5. The lowest BCUT2D eigenvalue weighted by atomic mass is 10.1. The molecule has 1 heterocycles. The van der Waals surface area contributed by atoms with Crippen molar-refractivity contribution in [2.45, 2.75) is 26.2 Å². The van der Waals surface area contributed by atoms with Crippen LogP contribution in [-0.2, 0) is 11.2 Å². The van der Waals surface area contributed by atoms with Gasteiger partial charge in [-0.05, 0) is 43.2 Å². The average Bonchev–Trinajstić information content (AvgIpc) is 3.12. The second kappa shape index (κ2) is 10.1. The highest BCUT2D eigenvalue weighted by molar-refractivity contribution is 5.97. The number of hydrogen-bond donors (Lipinski definition) is 3. The smallest absolute Gasteiger partial charge is 0.251 e. The molecule has 0 unspecified atom stereocenters. The molecule has 31 heavy (non-hydrogen) atoms. The molecule has 158 valence electrons. The summed E-state index contributed by atoms with van der Waals surface area (Å²) in [6, 6.07) is 18.3. The van der Waals surface area contributed by atoms with Crippen molar-refractivity contribution in [1.82, 2.24) is 15.1 Å². The number of nitrogens with zero attached hydrogens (tertiary/aromatic N) is 3. The molecule has 0 fully saturated rings. The van der Waals surface area contributed by atoms with Crippen molar-refractivity contribution < 1.29 is 9.59 Å². The zero-order chi connectivity index (χ0) is 22.2. The van der Waals surface area contributed by atoms with E-state index in [4.69, 9.17) is 5.73 Å². The summed E-state index contributed by atoms with van der Waals surface area (Å²) in [5, 5.41) is 19.6. The van der Waals surface area contributed by atoms with Gasteiger partial charge in [0, 0.05) is 24.2 Å². The number of aryl methyl sites for hydroxylation is 1. The van der Waals surface area contributed by atoms with Crippen LogP contribution in [0.5, 0.6) is 0 Å². The molecule has 0 radical (unpaired) electrons. The first-order valence-corrected chi connectivity index (χ1v) is 10.0. The fourth-order valence-corrected chi connectivity index (χ4v) is 3.09. The van der Waals surface area contributed by atoms with Gasteiger partial charge in [0.2, 0.25) is 5.91 Å². The molecule has 2 aromatic carbocycles. The van der Waals surface area contributed by atoms with Gasteiger partial charge in [0.15, 0.2) is 0 Å². The van der Waals surface area contributed by atoms with Crippen LogP contribution in [-0.4, -0.2) is 28.1 Å². The van der Waals surface area contributed by atoms with Gasteiger partial charge in [-0.3, -0.25) is 9.59 Å². The Morgan fingerprint density at radius 1 is 1.16 bits per heavy atom. The number of aromatic nitrogens is 2. The van der Waals surface area contributed by atoms with Crippen LogP contribution in [0.25, 0.3) is 5.69 Å². The number of rotatable bonds is 8. The Kier molecular flexibility index (Phi) is 7.01. The highest BCUT2D eigenvalue weighted by atomic mass is 16.2. The molecule has 2 amide bonds. The zero-order valence-electron chi connectivity index (χ0n) is 17.3. The molecular formula is C23H24N6O2. The molecule has 0 bridgehead atoms. The van der Waals surface area contributed by atoms with E-state index in [1.807, 2.05) is 30.3 Å². The first kappa shape index (κ1) is 21.6. The predicted octanol–water partition coefficient (Wildman–Crippen LogP) is 3.04. The summed E-state index contributed by atoms with van der Waals surface area (Å²) in [7, 11) is 0.